The van der Waals surface area contributed by atoms with E-state index in [1.54, 1.807) is 0 Å². The van der Waals surface area contributed by atoms with E-state index >= 15 is 0 Å². The summed E-state index contributed by atoms with van der Waals surface area (Å²) in [4.78, 5) is 2.36. The molecule has 1 aliphatic heterocycles. The van der Waals surface area contributed by atoms with Crippen LogP contribution in [-0.2, 0) is 18.5 Å². The van der Waals surface area contributed by atoms with Crippen LogP contribution in [0.3, 0.4) is 0 Å². The van der Waals surface area contributed by atoms with Gasteiger partial charge in [-0.1, -0.05) is 60.1 Å². The standard InChI is InChI=1S/C22H25ClN4OS/c1-22(2)14-28-19(17-11-7-8-12-18(17)23)13-26(22)15-27-21(29)25(3)20(24-27)16-9-5-4-6-10-16/h4-12,19H,13-15H2,1-3H3/t19-/m1/s1. The molecular weight excluding hydrogens is 404 g/mol. The molecule has 7 heteroatoms. The molecule has 0 aliphatic carbocycles. The number of morpholine rings is 1. The van der Waals surface area contributed by atoms with Crippen LogP contribution in [-0.4, -0.2) is 37.9 Å². The lowest BCUT2D eigenvalue weighted by atomic mass is 9.99. The molecule has 1 saturated heterocycles. The maximum atomic E-state index is 6.42. The number of halogens is 1. The third kappa shape index (κ3) is 4.03. The van der Waals surface area contributed by atoms with E-state index in [2.05, 4.69) is 18.7 Å². The molecule has 2 aromatic carbocycles. The first-order chi connectivity index (χ1) is 13.9. The van der Waals surface area contributed by atoms with E-state index in [9.17, 15) is 0 Å². The number of hydrogen-bond acceptors (Lipinski definition) is 4. The Hall–Kier alpha value is -1.99. The average molecular weight is 429 g/mol. The van der Waals surface area contributed by atoms with Crippen LogP contribution in [0.4, 0.5) is 0 Å². The zero-order valence-corrected chi connectivity index (χ0v) is 18.5. The van der Waals surface area contributed by atoms with E-state index < -0.39 is 0 Å². The highest BCUT2D eigenvalue weighted by Crippen LogP contribution is 2.34. The molecule has 5 nitrogen and oxygen atoms in total. The summed E-state index contributed by atoms with van der Waals surface area (Å²) in [7, 11) is 1.96. The highest BCUT2D eigenvalue weighted by molar-refractivity contribution is 7.71. The Balaban J connectivity index is 1.62. The SMILES string of the molecule is Cn1c(-c2ccccc2)nn(CN2C[C@H](c3ccccc3Cl)OCC2(C)C)c1=S. The van der Waals surface area contributed by atoms with Crippen molar-refractivity contribution in [3.63, 3.8) is 0 Å². The molecule has 1 aromatic heterocycles. The van der Waals surface area contributed by atoms with Crippen LogP contribution < -0.4 is 0 Å². The normalized spacial score (nSPS) is 19.4. The van der Waals surface area contributed by atoms with Crippen molar-refractivity contribution in [2.45, 2.75) is 32.2 Å². The minimum absolute atomic E-state index is 0.0804. The van der Waals surface area contributed by atoms with E-state index in [1.165, 1.54) is 0 Å². The quantitative estimate of drug-likeness (QED) is 0.543. The molecule has 4 rings (SSSR count). The summed E-state index contributed by atoms with van der Waals surface area (Å²) < 4.78 is 10.7. The number of benzene rings is 2. The van der Waals surface area contributed by atoms with Crippen molar-refractivity contribution < 1.29 is 4.74 Å². The van der Waals surface area contributed by atoms with E-state index in [0.717, 1.165) is 28.5 Å². The zero-order chi connectivity index (χ0) is 20.6. The molecular formula is C22H25ClN4OS. The van der Waals surface area contributed by atoms with E-state index in [1.807, 2.05) is 70.9 Å². The highest BCUT2D eigenvalue weighted by atomic mass is 35.5. The lowest BCUT2D eigenvalue weighted by Gasteiger charge is -2.45. The molecule has 0 N–H and O–H groups in total. The summed E-state index contributed by atoms with van der Waals surface area (Å²) in [6.45, 7) is 6.28. The van der Waals surface area contributed by atoms with Crippen molar-refractivity contribution in [1.82, 2.24) is 19.2 Å². The molecule has 1 fully saturated rings. The lowest BCUT2D eigenvalue weighted by Crippen LogP contribution is -2.54. The number of hydrogen-bond donors (Lipinski definition) is 0. The lowest BCUT2D eigenvalue weighted by molar-refractivity contribution is -0.113. The van der Waals surface area contributed by atoms with Crippen molar-refractivity contribution in [2.75, 3.05) is 13.2 Å². The molecule has 0 spiro atoms. The van der Waals surface area contributed by atoms with Crippen molar-refractivity contribution in [2.24, 2.45) is 7.05 Å². The van der Waals surface area contributed by atoms with Gasteiger partial charge < -0.3 is 9.30 Å². The topological polar surface area (TPSA) is 35.2 Å². The van der Waals surface area contributed by atoms with Gasteiger partial charge in [-0.15, -0.1) is 0 Å². The van der Waals surface area contributed by atoms with Crippen molar-refractivity contribution in [1.29, 1.82) is 0 Å². The Kier molecular flexibility index (Phi) is 5.62. The summed E-state index contributed by atoms with van der Waals surface area (Å²) in [5.74, 6) is 0.865. The Bertz CT molecular complexity index is 1060. The second kappa shape index (κ2) is 8.03. The third-order valence-electron chi connectivity index (χ3n) is 5.51. The smallest absolute Gasteiger partial charge is 0.199 e. The second-order valence-corrected chi connectivity index (χ2v) is 8.80. The molecule has 3 aromatic rings. The first-order valence-corrected chi connectivity index (χ1v) is 10.5. The van der Waals surface area contributed by atoms with Gasteiger partial charge in [-0.2, -0.15) is 5.10 Å². The van der Waals surface area contributed by atoms with Gasteiger partial charge in [0, 0.05) is 35.3 Å². The largest absolute Gasteiger partial charge is 0.370 e. The molecule has 2 heterocycles. The van der Waals surface area contributed by atoms with Crippen LogP contribution in [0.25, 0.3) is 11.4 Å². The Morgan fingerprint density at radius 2 is 1.83 bits per heavy atom. The Labute approximate surface area is 181 Å². The number of aromatic nitrogens is 3. The molecule has 0 bridgehead atoms. The molecule has 1 atom stereocenters. The molecule has 152 valence electrons. The summed E-state index contributed by atoms with van der Waals surface area (Å²) >= 11 is 12.1. The van der Waals surface area contributed by atoms with Crippen LogP contribution in [0.15, 0.2) is 54.6 Å². The predicted octanol–water partition coefficient (Wildman–Crippen LogP) is 5.08. The summed E-state index contributed by atoms with van der Waals surface area (Å²) in [5, 5.41) is 5.56. The van der Waals surface area contributed by atoms with Gasteiger partial charge in [0.2, 0.25) is 0 Å². The minimum Gasteiger partial charge on any atom is -0.370 e. The van der Waals surface area contributed by atoms with Crippen LogP contribution in [0.5, 0.6) is 0 Å². The first kappa shape index (κ1) is 20.3. The van der Waals surface area contributed by atoms with E-state index in [4.69, 9.17) is 33.7 Å². The number of nitrogens with zero attached hydrogens (tertiary/aromatic N) is 4. The van der Waals surface area contributed by atoms with Gasteiger partial charge in [-0.25, -0.2) is 4.68 Å². The fourth-order valence-electron chi connectivity index (χ4n) is 3.65. The Morgan fingerprint density at radius 3 is 2.55 bits per heavy atom. The predicted molar refractivity (Wildman–Crippen MR) is 118 cm³/mol. The van der Waals surface area contributed by atoms with E-state index in [-0.39, 0.29) is 11.6 Å². The summed E-state index contributed by atoms with van der Waals surface area (Å²) in [6, 6.07) is 18.0. The van der Waals surface area contributed by atoms with Crippen LogP contribution >= 0.6 is 23.8 Å². The first-order valence-electron chi connectivity index (χ1n) is 9.67. The molecule has 0 unspecified atom stereocenters. The average Bonchev–Trinajstić information content (AvgIpc) is 2.99. The number of rotatable bonds is 4. The van der Waals surface area contributed by atoms with Crippen LogP contribution in [0.2, 0.25) is 5.02 Å². The van der Waals surface area contributed by atoms with Gasteiger partial charge in [0.15, 0.2) is 10.6 Å². The zero-order valence-electron chi connectivity index (χ0n) is 16.9. The maximum absolute atomic E-state index is 6.42. The van der Waals surface area contributed by atoms with Gasteiger partial charge in [-0.3, -0.25) is 4.90 Å². The van der Waals surface area contributed by atoms with Crippen LogP contribution in [0, 0.1) is 4.77 Å². The van der Waals surface area contributed by atoms with Crippen molar-refractivity contribution >= 4 is 23.8 Å². The maximum Gasteiger partial charge on any atom is 0.199 e. The Morgan fingerprint density at radius 1 is 1.14 bits per heavy atom. The minimum atomic E-state index is -0.142. The fourth-order valence-corrected chi connectivity index (χ4v) is 4.09. The van der Waals surface area contributed by atoms with Crippen molar-refractivity contribution in [3.05, 3.63) is 70.0 Å². The fraction of sp³-hybridized carbons (Fsp3) is 0.364. The second-order valence-electron chi connectivity index (χ2n) is 8.03. The molecule has 0 amide bonds. The molecule has 29 heavy (non-hydrogen) atoms. The van der Waals surface area contributed by atoms with Gasteiger partial charge in [0.25, 0.3) is 0 Å². The monoisotopic (exact) mass is 428 g/mol. The van der Waals surface area contributed by atoms with E-state index in [0.29, 0.717) is 18.0 Å². The van der Waals surface area contributed by atoms with Gasteiger partial charge in [-0.05, 0) is 32.1 Å². The summed E-state index contributed by atoms with van der Waals surface area (Å²) in [5.41, 5.74) is 1.93. The summed E-state index contributed by atoms with van der Waals surface area (Å²) in [6.07, 6.45) is -0.0804. The van der Waals surface area contributed by atoms with Gasteiger partial charge in [0.1, 0.15) is 0 Å². The van der Waals surface area contributed by atoms with Crippen molar-refractivity contribution in [3.8, 4) is 11.4 Å². The molecule has 0 saturated carbocycles. The molecule has 0 radical (unpaired) electrons. The van der Waals surface area contributed by atoms with Crippen LogP contribution in [0.1, 0.15) is 25.5 Å². The van der Waals surface area contributed by atoms with Gasteiger partial charge in [0.05, 0.1) is 19.4 Å². The number of ether oxygens (including phenoxy) is 1. The third-order valence-corrected chi connectivity index (χ3v) is 6.34. The van der Waals surface area contributed by atoms with Gasteiger partial charge >= 0.3 is 0 Å². The highest BCUT2D eigenvalue weighted by Gasteiger charge is 2.36. The molecule has 1 aliphatic rings.